The van der Waals surface area contributed by atoms with Crippen LogP contribution < -0.4 is 10.4 Å². The Bertz CT molecular complexity index is 1600. The minimum absolute atomic E-state index is 0. The van der Waals surface area contributed by atoms with E-state index in [0.29, 0.717) is 0 Å². The molecule has 0 saturated carbocycles. The first kappa shape index (κ1) is 24.5. The van der Waals surface area contributed by atoms with E-state index < -0.39 is 8.07 Å². The van der Waals surface area contributed by atoms with Crippen LogP contribution >= 0.6 is 11.3 Å². The fraction of sp³-hybridized carbons (Fsp3) is 0.143. The molecule has 2 aromatic heterocycles. The van der Waals surface area contributed by atoms with Gasteiger partial charge in [-0.1, -0.05) is 65.3 Å². The van der Waals surface area contributed by atoms with Gasteiger partial charge in [0.2, 0.25) is 0 Å². The number of allylic oxidation sites excluding steroid dienone is 2. The minimum Gasteiger partial charge on any atom is -0.512 e. The summed E-state index contributed by atoms with van der Waals surface area (Å²) in [5, 5.41) is 15.3. The van der Waals surface area contributed by atoms with Crippen LogP contribution in [0.2, 0.25) is 13.1 Å². The van der Waals surface area contributed by atoms with Gasteiger partial charge in [0.05, 0.1) is 11.3 Å². The number of pyridine rings is 1. The average Bonchev–Trinajstić information content (AvgIpc) is 3.13. The van der Waals surface area contributed by atoms with Gasteiger partial charge in [0.15, 0.2) is 5.78 Å². The third-order valence-electron chi connectivity index (χ3n) is 6.17. The first-order valence-electron chi connectivity index (χ1n) is 10.9. The standard InChI is InChI=1S/C23H16NSSi.C5H8O2.Ir/c1-26(2)19-12-6-11-18-22(19)21-15(8-5-10-17(21)25-18)23-20(26)13-14-7-3-4-9-16(14)24-23;1-4(6)3-5(2)7;/h3-7,9-13H,1-2H3;3,6H,1-2H3;/q-1;;/b;4-3-;. The molecule has 3 aromatic carbocycles. The maximum Gasteiger partial charge on any atom is 0.155 e. The Kier molecular flexibility index (Phi) is 6.62. The molecule has 3 nitrogen and oxygen atoms in total. The quantitative estimate of drug-likeness (QED) is 0.100. The molecule has 0 atom stereocenters. The predicted molar refractivity (Wildman–Crippen MR) is 143 cm³/mol. The van der Waals surface area contributed by atoms with E-state index in [2.05, 4.69) is 79.8 Å². The fourth-order valence-corrected chi connectivity index (χ4v) is 8.94. The van der Waals surface area contributed by atoms with E-state index in [-0.39, 0.29) is 31.6 Å². The molecule has 1 aliphatic rings. The van der Waals surface area contributed by atoms with Crippen molar-refractivity contribution in [1.29, 1.82) is 0 Å². The molecule has 0 fully saturated rings. The molecule has 0 aliphatic carbocycles. The van der Waals surface area contributed by atoms with Gasteiger partial charge in [0.25, 0.3) is 0 Å². The van der Waals surface area contributed by atoms with Crippen LogP contribution in [0, 0.1) is 6.07 Å². The van der Waals surface area contributed by atoms with E-state index in [1.54, 1.807) is 0 Å². The van der Waals surface area contributed by atoms with Crippen LogP contribution in [0.4, 0.5) is 0 Å². The summed E-state index contributed by atoms with van der Waals surface area (Å²) < 4.78 is 2.73. The number of aliphatic hydroxyl groups excluding tert-OH is 1. The van der Waals surface area contributed by atoms with Crippen molar-refractivity contribution < 1.29 is 30.0 Å². The first-order chi connectivity index (χ1) is 15.8. The van der Waals surface area contributed by atoms with E-state index in [1.165, 1.54) is 61.4 Å². The number of benzene rings is 3. The zero-order chi connectivity index (χ0) is 23.3. The van der Waals surface area contributed by atoms with E-state index >= 15 is 0 Å². The van der Waals surface area contributed by atoms with Crippen LogP contribution in [0.5, 0.6) is 0 Å². The van der Waals surface area contributed by atoms with Gasteiger partial charge in [-0.15, -0.1) is 23.8 Å². The molecular formula is C28H24IrNO2SSi-. The summed E-state index contributed by atoms with van der Waals surface area (Å²) in [6, 6.07) is 25.5. The zero-order valence-corrected chi connectivity index (χ0v) is 23.6. The normalized spacial score (nSPS) is 13.7. The monoisotopic (exact) mass is 659 g/mol. The third-order valence-corrected chi connectivity index (χ3v) is 10.8. The Balaban J connectivity index is 0.000000303. The molecule has 5 aromatic rings. The number of thiophene rings is 1. The van der Waals surface area contributed by atoms with Gasteiger partial charge in [0, 0.05) is 30.9 Å². The molecule has 6 rings (SSSR count). The SMILES string of the molecule is CC(=O)/C=C(/C)O.C[Si]1(C)c2cc3ccccc3nc2-c2[c-]ccc3sc4cccc1c4c23.[Ir]. The molecule has 3 heterocycles. The molecule has 1 N–H and O–H groups in total. The van der Waals surface area contributed by atoms with Crippen molar-refractivity contribution in [2.45, 2.75) is 26.9 Å². The van der Waals surface area contributed by atoms with Crippen LogP contribution in [0.3, 0.4) is 0 Å². The van der Waals surface area contributed by atoms with Gasteiger partial charge >= 0.3 is 0 Å². The van der Waals surface area contributed by atoms with Crippen molar-refractivity contribution >= 4 is 66.6 Å². The second-order valence-corrected chi connectivity index (χ2v) is 14.4. The van der Waals surface area contributed by atoms with E-state index in [0.717, 1.165) is 11.2 Å². The second-order valence-electron chi connectivity index (χ2n) is 8.97. The van der Waals surface area contributed by atoms with Crippen molar-refractivity contribution in [2.24, 2.45) is 0 Å². The van der Waals surface area contributed by atoms with Gasteiger partial charge in [-0.2, -0.15) is 11.3 Å². The molecule has 0 saturated heterocycles. The molecule has 0 spiro atoms. The van der Waals surface area contributed by atoms with E-state index in [9.17, 15) is 4.79 Å². The van der Waals surface area contributed by atoms with Crippen LogP contribution in [0.15, 0.2) is 72.5 Å². The molecule has 0 unspecified atom stereocenters. The number of aliphatic hydroxyl groups is 1. The predicted octanol–water partition coefficient (Wildman–Crippen LogP) is 6.24. The van der Waals surface area contributed by atoms with Crippen molar-refractivity contribution in [3.63, 3.8) is 0 Å². The Morgan fingerprint density at radius 3 is 2.44 bits per heavy atom. The number of para-hydroxylation sites is 1. The van der Waals surface area contributed by atoms with Crippen molar-refractivity contribution in [3.8, 4) is 11.3 Å². The maximum atomic E-state index is 10.0. The third kappa shape index (κ3) is 4.05. The summed E-state index contributed by atoms with van der Waals surface area (Å²) in [6.07, 6.45) is 1.17. The largest absolute Gasteiger partial charge is 0.512 e. The molecule has 173 valence electrons. The average molecular weight is 659 g/mol. The van der Waals surface area contributed by atoms with Crippen LogP contribution in [0.1, 0.15) is 13.8 Å². The fourth-order valence-electron chi connectivity index (χ4n) is 4.73. The molecule has 6 heteroatoms. The molecular weight excluding hydrogens is 635 g/mol. The Morgan fingerprint density at radius 2 is 1.74 bits per heavy atom. The van der Waals surface area contributed by atoms with Crippen molar-refractivity contribution in [1.82, 2.24) is 4.98 Å². The topological polar surface area (TPSA) is 50.2 Å². The molecule has 0 amide bonds. The van der Waals surface area contributed by atoms with Gasteiger partial charge in [-0.25, -0.2) is 0 Å². The minimum atomic E-state index is -1.89. The summed E-state index contributed by atoms with van der Waals surface area (Å²) in [6.45, 7) is 7.78. The number of rotatable bonds is 1. The summed E-state index contributed by atoms with van der Waals surface area (Å²) in [5.41, 5.74) is 3.39. The zero-order valence-electron chi connectivity index (χ0n) is 19.4. The van der Waals surface area contributed by atoms with Crippen molar-refractivity contribution in [3.05, 3.63) is 78.6 Å². The number of fused-ring (bicyclic) bond motifs is 3. The number of carbonyl (C=O) groups excluding carboxylic acids is 1. The summed E-state index contributed by atoms with van der Waals surface area (Å²) in [5.74, 6) is -0.0625. The number of hydrogen-bond acceptors (Lipinski definition) is 4. The number of carbonyl (C=O) groups is 1. The van der Waals surface area contributed by atoms with Crippen LogP contribution in [-0.4, -0.2) is 23.9 Å². The number of ketones is 1. The van der Waals surface area contributed by atoms with E-state index in [1.807, 2.05) is 11.3 Å². The molecule has 1 radical (unpaired) electrons. The maximum absolute atomic E-state index is 10.0. The Labute approximate surface area is 217 Å². The second kappa shape index (κ2) is 9.20. The van der Waals surface area contributed by atoms with E-state index in [4.69, 9.17) is 10.1 Å². The van der Waals surface area contributed by atoms with Gasteiger partial charge in [-0.3, -0.25) is 9.78 Å². The van der Waals surface area contributed by atoms with Gasteiger partial charge in [0.1, 0.15) is 8.07 Å². The smallest absolute Gasteiger partial charge is 0.155 e. The number of aromatic nitrogens is 1. The summed E-state index contributed by atoms with van der Waals surface area (Å²) >= 11 is 1.89. The van der Waals surface area contributed by atoms with Gasteiger partial charge in [-0.05, 0) is 47.1 Å². The van der Waals surface area contributed by atoms with Crippen LogP contribution in [0.25, 0.3) is 42.3 Å². The number of hydrogen-bond donors (Lipinski definition) is 1. The Morgan fingerprint density at radius 1 is 1.00 bits per heavy atom. The number of nitrogens with zero attached hydrogens (tertiary/aromatic N) is 1. The molecule has 1 aliphatic heterocycles. The summed E-state index contributed by atoms with van der Waals surface area (Å²) in [4.78, 5) is 15.2. The summed E-state index contributed by atoms with van der Waals surface area (Å²) in [7, 11) is -1.89. The Hall–Kier alpha value is -2.63. The molecule has 34 heavy (non-hydrogen) atoms. The molecule has 0 bridgehead atoms. The van der Waals surface area contributed by atoms with Crippen molar-refractivity contribution in [2.75, 3.05) is 0 Å². The van der Waals surface area contributed by atoms with Crippen LogP contribution in [-0.2, 0) is 24.9 Å². The first-order valence-corrected chi connectivity index (χ1v) is 14.7. The van der Waals surface area contributed by atoms with Gasteiger partial charge < -0.3 is 5.11 Å².